The van der Waals surface area contributed by atoms with E-state index in [0.717, 1.165) is 0 Å². The number of amides is 1. The summed E-state index contributed by atoms with van der Waals surface area (Å²) in [5.41, 5.74) is 1.02. The van der Waals surface area contributed by atoms with Crippen molar-refractivity contribution in [3.05, 3.63) is 23.9 Å². The van der Waals surface area contributed by atoms with Crippen LogP contribution in [-0.2, 0) is 14.3 Å². The average molecular weight is 390 g/mol. The molecule has 1 aliphatic rings. The molecule has 0 bridgehead atoms. The number of H-pyrrole nitrogens is 1. The van der Waals surface area contributed by atoms with Gasteiger partial charge in [0.15, 0.2) is 23.8 Å². The van der Waals surface area contributed by atoms with Crippen molar-refractivity contribution in [2.45, 2.75) is 6.92 Å². The monoisotopic (exact) mass is 390 g/mol. The number of nitrogens with zero attached hydrogens (tertiary/aromatic N) is 3. The second-order valence-electron chi connectivity index (χ2n) is 5.89. The van der Waals surface area contributed by atoms with Crippen molar-refractivity contribution in [3.8, 4) is 22.8 Å². The number of methoxy groups -OCH3 is 1. The lowest BCUT2D eigenvalue weighted by atomic mass is 10.1. The van der Waals surface area contributed by atoms with Crippen LogP contribution in [0.2, 0.25) is 0 Å². The first-order chi connectivity index (χ1) is 13.6. The number of aromatic amines is 1. The fraction of sp³-hybridized carbons (Fsp3) is 0.444. The minimum Gasteiger partial charge on any atom is -0.493 e. The zero-order chi connectivity index (χ0) is 19.9. The lowest BCUT2D eigenvalue weighted by Crippen LogP contribution is -2.43. The summed E-state index contributed by atoms with van der Waals surface area (Å²) in [6.45, 7) is 4.02. The third-order valence-electron chi connectivity index (χ3n) is 4.17. The Morgan fingerprint density at radius 2 is 2.00 bits per heavy atom. The van der Waals surface area contributed by atoms with Crippen LogP contribution in [-0.4, -0.2) is 78.8 Å². The first kappa shape index (κ1) is 19.6. The lowest BCUT2D eigenvalue weighted by Gasteiger charge is -2.26. The Labute approximate surface area is 161 Å². The standard InChI is InChI=1S/C18H22N4O6/c1-3-27-18(24)17-16(19-21-20-17)12-4-5-13(14(10-12)25-2)28-11-15(23)22-6-8-26-9-7-22/h4-5,10H,3,6-9,11H2,1-2H3,(H,19,20,21). The van der Waals surface area contributed by atoms with Crippen molar-refractivity contribution < 1.29 is 28.5 Å². The molecule has 1 aliphatic heterocycles. The molecule has 0 saturated carbocycles. The molecule has 28 heavy (non-hydrogen) atoms. The van der Waals surface area contributed by atoms with Gasteiger partial charge in [0.2, 0.25) is 0 Å². The maximum Gasteiger partial charge on any atom is 0.361 e. The highest BCUT2D eigenvalue weighted by atomic mass is 16.5. The van der Waals surface area contributed by atoms with Gasteiger partial charge in [-0.15, -0.1) is 5.10 Å². The van der Waals surface area contributed by atoms with Crippen LogP contribution in [0.25, 0.3) is 11.3 Å². The third-order valence-corrected chi connectivity index (χ3v) is 4.17. The van der Waals surface area contributed by atoms with Crippen LogP contribution in [0, 0.1) is 0 Å². The summed E-state index contributed by atoms with van der Waals surface area (Å²) >= 11 is 0. The first-order valence-corrected chi connectivity index (χ1v) is 8.88. The van der Waals surface area contributed by atoms with Crippen molar-refractivity contribution in [2.75, 3.05) is 46.6 Å². The summed E-state index contributed by atoms with van der Waals surface area (Å²) in [6, 6.07) is 5.02. The lowest BCUT2D eigenvalue weighted by molar-refractivity contribution is -0.137. The van der Waals surface area contributed by atoms with E-state index in [0.29, 0.717) is 49.1 Å². The number of ether oxygens (including phenoxy) is 4. The van der Waals surface area contributed by atoms with Crippen molar-refractivity contribution in [1.82, 2.24) is 20.3 Å². The summed E-state index contributed by atoms with van der Waals surface area (Å²) in [5.74, 6) is 0.135. The molecule has 0 unspecified atom stereocenters. The molecule has 0 radical (unpaired) electrons. The number of nitrogens with one attached hydrogen (secondary N) is 1. The number of hydrogen-bond donors (Lipinski definition) is 1. The molecule has 150 valence electrons. The van der Waals surface area contributed by atoms with Crippen molar-refractivity contribution in [3.63, 3.8) is 0 Å². The molecule has 1 aromatic carbocycles. The predicted octanol–water partition coefficient (Wildman–Crippen LogP) is 0.895. The summed E-state index contributed by atoms with van der Waals surface area (Å²) < 4.78 is 21.2. The van der Waals surface area contributed by atoms with Gasteiger partial charge in [0.05, 0.1) is 26.9 Å². The molecule has 1 N–H and O–H groups in total. The number of aromatic nitrogens is 3. The van der Waals surface area contributed by atoms with E-state index in [9.17, 15) is 9.59 Å². The van der Waals surface area contributed by atoms with Gasteiger partial charge in [0.25, 0.3) is 5.91 Å². The highest BCUT2D eigenvalue weighted by molar-refractivity contribution is 5.94. The van der Waals surface area contributed by atoms with E-state index in [2.05, 4.69) is 15.4 Å². The quantitative estimate of drug-likeness (QED) is 0.693. The van der Waals surface area contributed by atoms with Crippen molar-refractivity contribution >= 4 is 11.9 Å². The molecule has 1 aromatic heterocycles. The second kappa shape index (κ2) is 9.18. The Kier molecular flexibility index (Phi) is 6.43. The van der Waals surface area contributed by atoms with Crippen LogP contribution >= 0.6 is 0 Å². The van der Waals surface area contributed by atoms with Crippen LogP contribution in [0.3, 0.4) is 0 Å². The zero-order valence-corrected chi connectivity index (χ0v) is 15.8. The number of carbonyl (C=O) groups excluding carboxylic acids is 2. The Morgan fingerprint density at radius 3 is 2.71 bits per heavy atom. The Hall–Kier alpha value is -3.14. The normalized spacial score (nSPS) is 13.9. The number of esters is 1. The van der Waals surface area contributed by atoms with Crippen LogP contribution in [0.15, 0.2) is 18.2 Å². The van der Waals surface area contributed by atoms with Gasteiger partial charge in [0, 0.05) is 18.7 Å². The van der Waals surface area contributed by atoms with E-state index in [4.69, 9.17) is 18.9 Å². The van der Waals surface area contributed by atoms with E-state index < -0.39 is 5.97 Å². The number of carbonyl (C=O) groups is 2. The van der Waals surface area contributed by atoms with Crippen LogP contribution in [0.1, 0.15) is 17.4 Å². The van der Waals surface area contributed by atoms with Crippen LogP contribution in [0.4, 0.5) is 0 Å². The number of benzene rings is 1. The molecule has 10 nitrogen and oxygen atoms in total. The van der Waals surface area contributed by atoms with Gasteiger partial charge in [0.1, 0.15) is 5.69 Å². The van der Waals surface area contributed by atoms with Gasteiger partial charge in [-0.05, 0) is 25.1 Å². The van der Waals surface area contributed by atoms with E-state index in [1.807, 2.05) is 0 Å². The fourth-order valence-electron chi connectivity index (χ4n) is 2.75. The number of morpholine rings is 1. The highest BCUT2D eigenvalue weighted by Crippen LogP contribution is 2.32. The van der Waals surface area contributed by atoms with Gasteiger partial charge in [-0.25, -0.2) is 4.79 Å². The molecule has 2 heterocycles. The average Bonchev–Trinajstić information content (AvgIpc) is 3.22. The summed E-state index contributed by atoms with van der Waals surface area (Å²) in [7, 11) is 1.49. The largest absolute Gasteiger partial charge is 0.493 e. The van der Waals surface area contributed by atoms with Crippen molar-refractivity contribution in [2.24, 2.45) is 0 Å². The zero-order valence-electron chi connectivity index (χ0n) is 15.8. The Balaban J connectivity index is 1.73. The van der Waals surface area contributed by atoms with Gasteiger partial charge < -0.3 is 23.8 Å². The van der Waals surface area contributed by atoms with Gasteiger partial charge >= 0.3 is 5.97 Å². The summed E-state index contributed by atoms with van der Waals surface area (Å²) in [4.78, 5) is 25.9. The minimum absolute atomic E-state index is 0.0834. The van der Waals surface area contributed by atoms with E-state index in [1.165, 1.54) is 7.11 Å². The predicted molar refractivity (Wildman–Crippen MR) is 97.2 cm³/mol. The van der Waals surface area contributed by atoms with E-state index in [-0.39, 0.29) is 24.8 Å². The molecule has 1 fully saturated rings. The SMILES string of the molecule is CCOC(=O)c1n[nH]nc1-c1ccc(OCC(=O)N2CCOCC2)c(OC)c1. The van der Waals surface area contributed by atoms with Gasteiger partial charge in [-0.1, -0.05) is 0 Å². The second-order valence-corrected chi connectivity index (χ2v) is 5.89. The fourth-order valence-corrected chi connectivity index (χ4v) is 2.75. The van der Waals surface area contributed by atoms with Crippen LogP contribution < -0.4 is 9.47 Å². The molecular formula is C18H22N4O6. The molecule has 0 spiro atoms. The molecule has 2 aromatic rings. The number of rotatable bonds is 7. The molecular weight excluding hydrogens is 368 g/mol. The van der Waals surface area contributed by atoms with E-state index >= 15 is 0 Å². The Morgan fingerprint density at radius 1 is 1.21 bits per heavy atom. The molecule has 0 atom stereocenters. The first-order valence-electron chi connectivity index (χ1n) is 8.88. The molecule has 3 rings (SSSR count). The van der Waals surface area contributed by atoms with Gasteiger partial charge in [-0.2, -0.15) is 10.3 Å². The number of hydrogen-bond acceptors (Lipinski definition) is 8. The third kappa shape index (κ3) is 4.39. The maximum atomic E-state index is 12.2. The molecule has 1 amide bonds. The van der Waals surface area contributed by atoms with E-state index in [1.54, 1.807) is 30.0 Å². The van der Waals surface area contributed by atoms with Crippen molar-refractivity contribution in [1.29, 1.82) is 0 Å². The molecule has 1 saturated heterocycles. The van der Waals surface area contributed by atoms with Crippen LogP contribution in [0.5, 0.6) is 11.5 Å². The highest BCUT2D eigenvalue weighted by Gasteiger charge is 2.21. The minimum atomic E-state index is -0.568. The Bertz CT molecular complexity index is 831. The summed E-state index contributed by atoms with van der Waals surface area (Å²) in [6.07, 6.45) is 0. The van der Waals surface area contributed by atoms with Gasteiger partial charge in [-0.3, -0.25) is 4.79 Å². The molecule has 10 heteroatoms. The maximum absolute atomic E-state index is 12.2. The molecule has 0 aliphatic carbocycles. The topological polar surface area (TPSA) is 116 Å². The smallest absolute Gasteiger partial charge is 0.361 e. The summed E-state index contributed by atoms with van der Waals surface area (Å²) in [5, 5.41) is 10.3.